The molecule has 0 spiro atoms. The SMILES string of the molecule is CC1CN(C)CCC1NCC(C)(O)c1ccccc1. The molecule has 0 amide bonds. The van der Waals surface area contributed by atoms with E-state index in [1.54, 1.807) is 0 Å². The number of nitrogens with one attached hydrogen (secondary N) is 1. The van der Waals surface area contributed by atoms with Crippen molar-refractivity contribution in [1.29, 1.82) is 0 Å². The van der Waals surface area contributed by atoms with Crippen LogP contribution in [0.3, 0.4) is 0 Å². The van der Waals surface area contributed by atoms with Gasteiger partial charge in [0.15, 0.2) is 0 Å². The van der Waals surface area contributed by atoms with Crippen LogP contribution in [0.4, 0.5) is 0 Å². The van der Waals surface area contributed by atoms with E-state index in [4.69, 9.17) is 0 Å². The lowest BCUT2D eigenvalue weighted by molar-refractivity contribution is 0.0465. The summed E-state index contributed by atoms with van der Waals surface area (Å²) in [6.07, 6.45) is 1.16. The highest BCUT2D eigenvalue weighted by atomic mass is 16.3. The first-order chi connectivity index (χ1) is 8.99. The molecule has 3 nitrogen and oxygen atoms in total. The van der Waals surface area contributed by atoms with Crippen molar-refractivity contribution in [2.75, 3.05) is 26.7 Å². The summed E-state index contributed by atoms with van der Waals surface area (Å²) in [7, 11) is 2.17. The zero-order chi connectivity index (χ0) is 13.9. The molecule has 0 aliphatic carbocycles. The third-order valence-electron chi connectivity index (χ3n) is 4.21. The molecule has 3 unspecified atom stereocenters. The van der Waals surface area contributed by atoms with E-state index in [0.29, 0.717) is 18.5 Å². The molecule has 2 rings (SSSR count). The lowest BCUT2D eigenvalue weighted by Gasteiger charge is -2.37. The normalized spacial score (nSPS) is 28.0. The van der Waals surface area contributed by atoms with Crippen LogP contribution in [-0.4, -0.2) is 42.7 Å². The van der Waals surface area contributed by atoms with Crippen molar-refractivity contribution in [1.82, 2.24) is 10.2 Å². The van der Waals surface area contributed by atoms with Crippen molar-refractivity contribution < 1.29 is 5.11 Å². The zero-order valence-electron chi connectivity index (χ0n) is 12.3. The molecule has 0 bridgehead atoms. The molecule has 0 aromatic heterocycles. The lowest BCUT2D eigenvalue weighted by Crippen LogP contribution is -2.50. The summed E-state index contributed by atoms with van der Waals surface area (Å²) in [5.74, 6) is 0.630. The second kappa shape index (κ2) is 6.04. The first-order valence-electron chi connectivity index (χ1n) is 7.19. The van der Waals surface area contributed by atoms with E-state index >= 15 is 0 Å². The number of rotatable bonds is 4. The maximum atomic E-state index is 10.6. The minimum atomic E-state index is -0.801. The van der Waals surface area contributed by atoms with Crippen LogP contribution in [0.1, 0.15) is 25.8 Å². The second-order valence-electron chi connectivity index (χ2n) is 6.16. The van der Waals surface area contributed by atoms with Crippen LogP contribution >= 0.6 is 0 Å². The molecular weight excluding hydrogens is 236 g/mol. The fourth-order valence-corrected chi connectivity index (χ4v) is 2.89. The molecule has 106 valence electrons. The average molecular weight is 262 g/mol. The highest BCUT2D eigenvalue weighted by Gasteiger charge is 2.28. The predicted molar refractivity (Wildman–Crippen MR) is 79.1 cm³/mol. The van der Waals surface area contributed by atoms with Gasteiger partial charge in [-0.15, -0.1) is 0 Å². The molecule has 1 aliphatic rings. The Hall–Kier alpha value is -0.900. The van der Waals surface area contributed by atoms with E-state index in [0.717, 1.165) is 25.1 Å². The summed E-state index contributed by atoms with van der Waals surface area (Å²) in [6, 6.07) is 10.4. The van der Waals surface area contributed by atoms with Gasteiger partial charge in [-0.3, -0.25) is 0 Å². The average Bonchev–Trinajstić information content (AvgIpc) is 2.39. The first-order valence-corrected chi connectivity index (χ1v) is 7.19. The van der Waals surface area contributed by atoms with E-state index in [9.17, 15) is 5.11 Å². The molecule has 1 aromatic rings. The van der Waals surface area contributed by atoms with Crippen molar-refractivity contribution in [2.24, 2.45) is 5.92 Å². The number of hydrogen-bond donors (Lipinski definition) is 2. The lowest BCUT2D eigenvalue weighted by atomic mass is 9.91. The summed E-state index contributed by atoms with van der Waals surface area (Å²) in [6.45, 7) is 7.04. The van der Waals surface area contributed by atoms with Crippen LogP contribution in [-0.2, 0) is 5.60 Å². The topological polar surface area (TPSA) is 35.5 Å². The Morgan fingerprint density at radius 2 is 2.05 bits per heavy atom. The Morgan fingerprint density at radius 1 is 1.37 bits per heavy atom. The van der Waals surface area contributed by atoms with Gasteiger partial charge in [-0.25, -0.2) is 0 Å². The highest BCUT2D eigenvalue weighted by molar-refractivity contribution is 5.21. The molecule has 1 aromatic carbocycles. The van der Waals surface area contributed by atoms with Crippen molar-refractivity contribution in [2.45, 2.75) is 31.9 Å². The monoisotopic (exact) mass is 262 g/mol. The minimum Gasteiger partial charge on any atom is -0.384 e. The molecule has 1 aliphatic heterocycles. The van der Waals surface area contributed by atoms with Crippen molar-refractivity contribution in [3.05, 3.63) is 35.9 Å². The predicted octanol–water partition coefficient (Wildman–Crippen LogP) is 1.82. The van der Waals surface area contributed by atoms with Gasteiger partial charge in [-0.05, 0) is 38.4 Å². The highest BCUT2D eigenvalue weighted by Crippen LogP contribution is 2.21. The number of aliphatic hydroxyl groups is 1. The van der Waals surface area contributed by atoms with Gasteiger partial charge in [-0.1, -0.05) is 37.3 Å². The Balaban J connectivity index is 1.91. The number of piperidine rings is 1. The van der Waals surface area contributed by atoms with Crippen LogP contribution in [0.5, 0.6) is 0 Å². The van der Waals surface area contributed by atoms with Crippen LogP contribution in [0.15, 0.2) is 30.3 Å². The van der Waals surface area contributed by atoms with Crippen molar-refractivity contribution in [3.8, 4) is 0 Å². The molecule has 1 saturated heterocycles. The Kier molecular flexibility index (Phi) is 4.61. The van der Waals surface area contributed by atoms with Gasteiger partial charge in [0.05, 0.1) is 5.60 Å². The van der Waals surface area contributed by atoms with Crippen LogP contribution < -0.4 is 5.32 Å². The summed E-state index contributed by atoms with van der Waals surface area (Å²) < 4.78 is 0. The standard InChI is InChI=1S/C16H26N2O/c1-13-11-18(3)10-9-15(13)17-12-16(2,19)14-7-5-4-6-8-14/h4-8,13,15,17,19H,9-12H2,1-3H3. The van der Waals surface area contributed by atoms with Gasteiger partial charge in [-0.2, -0.15) is 0 Å². The number of nitrogens with zero attached hydrogens (tertiary/aromatic N) is 1. The number of hydrogen-bond acceptors (Lipinski definition) is 3. The molecule has 3 atom stereocenters. The minimum absolute atomic E-state index is 0.506. The van der Waals surface area contributed by atoms with Gasteiger partial charge < -0.3 is 15.3 Å². The third-order valence-corrected chi connectivity index (χ3v) is 4.21. The van der Waals surface area contributed by atoms with Crippen LogP contribution in [0.25, 0.3) is 0 Å². The molecule has 0 radical (unpaired) electrons. The quantitative estimate of drug-likeness (QED) is 0.869. The Bertz CT molecular complexity index is 391. The summed E-state index contributed by atoms with van der Waals surface area (Å²) >= 11 is 0. The van der Waals surface area contributed by atoms with Gasteiger partial charge in [0.2, 0.25) is 0 Å². The fraction of sp³-hybridized carbons (Fsp3) is 0.625. The molecule has 2 N–H and O–H groups in total. The van der Waals surface area contributed by atoms with Gasteiger partial charge in [0.1, 0.15) is 0 Å². The van der Waals surface area contributed by atoms with Gasteiger partial charge >= 0.3 is 0 Å². The van der Waals surface area contributed by atoms with Crippen molar-refractivity contribution >= 4 is 0 Å². The maximum Gasteiger partial charge on any atom is 0.0992 e. The fourth-order valence-electron chi connectivity index (χ4n) is 2.89. The molecule has 3 heteroatoms. The van der Waals surface area contributed by atoms with E-state index in [2.05, 4.69) is 24.2 Å². The van der Waals surface area contributed by atoms with Crippen molar-refractivity contribution in [3.63, 3.8) is 0 Å². The summed E-state index contributed by atoms with van der Waals surface area (Å²) in [5.41, 5.74) is 0.174. The van der Waals surface area contributed by atoms with Gasteiger partial charge in [0.25, 0.3) is 0 Å². The number of likely N-dealkylation sites (tertiary alicyclic amines) is 1. The zero-order valence-corrected chi connectivity index (χ0v) is 12.3. The van der Waals surface area contributed by atoms with E-state index < -0.39 is 5.60 Å². The molecular formula is C16H26N2O. The van der Waals surface area contributed by atoms with Crippen LogP contribution in [0, 0.1) is 5.92 Å². The summed E-state index contributed by atoms with van der Waals surface area (Å²) in [5, 5.41) is 14.1. The number of benzene rings is 1. The Morgan fingerprint density at radius 3 is 2.68 bits per heavy atom. The van der Waals surface area contributed by atoms with Crippen LogP contribution in [0.2, 0.25) is 0 Å². The Labute approximate surface area is 116 Å². The van der Waals surface area contributed by atoms with E-state index in [-0.39, 0.29) is 0 Å². The summed E-state index contributed by atoms with van der Waals surface area (Å²) in [4.78, 5) is 2.37. The van der Waals surface area contributed by atoms with E-state index in [1.165, 1.54) is 0 Å². The molecule has 1 heterocycles. The largest absolute Gasteiger partial charge is 0.384 e. The first kappa shape index (κ1) is 14.5. The second-order valence-corrected chi connectivity index (χ2v) is 6.16. The third kappa shape index (κ3) is 3.78. The van der Waals surface area contributed by atoms with E-state index in [1.807, 2.05) is 37.3 Å². The maximum absolute atomic E-state index is 10.6. The molecule has 0 saturated carbocycles. The smallest absolute Gasteiger partial charge is 0.0992 e. The molecule has 1 fully saturated rings. The molecule has 19 heavy (non-hydrogen) atoms. The van der Waals surface area contributed by atoms with Gasteiger partial charge in [0, 0.05) is 19.1 Å².